The Morgan fingerprint density at radius 3 is 1.62 bits per heavy atom. The second kappa shape index (κ2) is 45.9. The molecule has 0 rings (SSSR count). The van der Waals surface area contributed by atoms with Gasteiger partial charge in [0, 0.05) is 12.8 Å². The maximum absolute atomic E-state index is 13.4. The number of quaternary nitrogens is 1. The number of likely N-dealkylation sites (N-methyl/N-ethyl adjacent to an activating group) is 1. The molecule has 0 aliphatic rings. The molecule has 0 aromatic heterocycles. The van der Waals surface area contributed by atoms with Crippen LogP contribution in [0.5, 0.6) is 0 Å². The number of allylic oxidation sites excluding steroid dienone is 13. The van der Waals surface area contributed by atoms with Gasteiger partial charge in [0.1, 0.15) is 19.3 Å². The van der Waals surface area contributed by atoms with Crippen molar-refractivity contribution in [1.29, 1.82) is 0 Å². The summed E-state index contributed by atoms with van der Waals surface area (Å²) in [4.78, 5) is 39.7. The Morgan fingerprint density at radius 1 is 0.561 bits per heavy atom. The Kier molecular flexibility index (Phi) is 44.0. The second-order valence-corrected chi connectivity index (χ2v) is 20.1. The molecule has 3 atom stereocenters. The molecule has 0 radical (unpaired) electrons. The molecule has 0 fully saturated rings. The van der Waals surface area contributed by atoms with E-state index in [9.17, 15) is 19.0 Å². The predicted octanol–water partition coefficient (Wildman–Crippen LogP) is 14.9. The Morgan fingerprint density at radius 2 is 1.05 bits per heavy atom. The zero-order valence-electron chi connectivity index (χ0n) is 43.1. The fourth-order valence-corrected chi connectivity index (χ4v) is 7.79. The zero-order chi connectivity index (χ0) is 48.7. The number of carbonyl (C=O) groups is 2. The lowest BCUT2D eigenvalue weighted by molar-refractivity contribution is -0.870. The summed E-state index contributed by atoms with van der Waals surface area (Å²) in [7, 11) is 1.15. The first-order chi connectivity index (χ1) is 31.9. The van der Waals surface area contributed by atoms with Crippen LogP contribution in [0.4, 0.5) is 0 Å². The molecule has 66 heavy (non-hydrogen) atoms. The Balaban J connectivity index is 5.44. The number of esters is 1. The summed E-state index contributed by atoms with van der Waals surface area (Å²) in [6, 6.07) is -0.905. The van der Waals surface area contributed by atoms with E-state index in [1.807, 2.05) is 39.4 Å². The third-order valence-electron chi connectivity index (χ3n) is 11.1. The van der Waals surface area contributed by atoms with E-state index in [1.54, 1.807) is 0 Å². The Bertz CT molecular complexity index is 1410. The van der Waals surface area contributed by atoms with E-state index < -0.39 is 26.6 Å². The number of hydrogen-bond acceptors (Lipinski definition) is 7. The van der Waals surface area contributed by atoms with Gasteiger partial charge in [0.25, 0.3) is 7.82 Å². The fraction of sp³-hybridized carbons (Fsp3) is 0.714. The predicted molar refractivity (Wildman–Crippen MR) is 279 cm³/mol. The van der Waals surface area contributed by atoms with Crippen LogP contribution in [0.15, 0.2) is 85.1 Å². The van der Waals surface area contributed by atoms with Crippen molar-refractivity contribution in [2.45, 2.75) is 219 Å². The van der Waals surface area contributed by atoms with Crippen LogP contribution in [0.2, 0.25) is 0 Å². The van der Waals surface area contributed by atoms with Crippen molar-refractivity contribution in [3.63, 3.8) is 0 Å². The van der Waals surface area contributed by atoms with Gasteiger partial charge in [0.05, 0.1) is 33.8 Å². The Hall–Kier alpha value is -2.81. The molecular weight excluding hydrogens is 844 g/mol. The summed E-state index contributed by atoms with van der Waals surface area (Å²) in [5.41, 5.74) is 0. The summed E-state index contributed by atoms with van der Waals surface area (Å²) in [6.45, 7) is 6.54. The number of carbonyl (C=O) groups excluding carboxylic acids is 2. The highest BCUT2D eigenvalue weighted by Crippen LogP contribution is 2.38. The minimum atomic E-state index is -4.70. The van der Waals surface area contributed by atoms with E-state index in [0.29, 0.717) is 23.9 Å². The molecule has 0 saturated carbocycles. The summed E-state index contributed by atoms with van der Waals surface area (Å²) in [5, 5.41) is 3.00. The van der Waals surface area contributed by atoms with Gasteiger partial charge >= 0.3 is 5.97 Å². The first-order valence-electron chi connectivity index (χ1n) is 26.4. The van der Waals surface area contributed by atoms with Crippen LogP contribution >= 0.6 is 7.82 Å². The number of rotatable bonds is 46. The molecule has 0 aromatic rings. The van der Waals surface area contributed by atoms with E-state index in [0.717, 1.165) is 122 Å². The Labute approximate surface area is 406 Å². The van der Waals surface area contributed by atoms with Gasteiger partial charge < -0.3 is 28.5 Å². The van der Waals surface area contributed by atoms with Gasteiger partial charge in [-0.2, -0.15) is 0 Å². The number of unbranched alkanes of at least 4 members (excludes halogenated alkanes) is 20. The normalized spacial score (nSPS) is 14.6. The van der Waals surface area contributed by atoms with Crippen molar-refractivity contribution in [2.24, 2.45) is 0 Å². The topological polar surface area (TPSA) is 114 Å². The van der Waals surface area contributed by atoms with E-state index >= 15 is 0 Å². The standard InChI is InChI=1S/C56H99N2O7P/c1-7-10-13-16-19-22-25-27-28-29-31-33-36-39-42-45-48-55(59)57-53(52-64-66(61,62)63-51-50-58(4,5)6)54(47-44-41-38-35-32-24-21-18-15-12-9-3)65-56(60)49-46-43-40-37-34-30-26-23-20-17-14-11-8-2/h10-11,13-14,17,19-20,22-23,26-28,44,47,53-54H,7-9,12,15-16,18,21,24-25,29-43,45-46,48-52H2,1-6H3,(H-,57,59,61,62)/b13-10+,14-11+,20-17+,22-19+,26-23-,28-27+,47-44+. The average Bonchev–Trinajstić information content (AvgIpc) is 3.27. The van der Waals surface area contributed by atoms with Crippen molar-refractivity contribution in [2.75, 3.05) is 40.9 Å². The number of phosphoric ester groups is 1. The van der Waals surface area contributed by atoms with Crippen molar-refractivity contribution in [3.8, 4) is 0 Å². The molecule has 0 saturated heterocycles. The molecule has 0 aliphatic heterocycles. The van der Waals surface area contributed by atoms with Crippen LogP contribution < -0.4 is 10.2 Å². The SMILES string of the molecule is CC/C=C/C=C/C=C\CCCCCCCC(=O)OC(/C=C/CCCCCCCCCCC)C(COP(=O)([O-])OCC[N+](C)(C)C)NC(=O)CCCCCCCC/C=C/C/C=C/C/C=C/CC. The molecule has 1 N–H and O–H groups in total. The van der Waals surface area contributed by atoms with Crippen LogP contribution in [0.1, 0.15) is 207 Å². The van der Waals surface area contributed by atoms with Crippen LogP contribution in [0.25, 0.3) is 0 Å². The molecule has 0 bridgehead atoms. The first-order valence-corrected chi connectivity index (χ1v) is 27.9. The average molecular weight is 943 g/mol. The number of ether oxygens (including phenoxy) is 1. The van der Waals surface area contributed by atoms with E-state index in [4.69, 9.17) is 13.8 Å². The number of phosphoric acid groups is 1. The molecule has 1 amide bonds. The lowest BCUT2D eigenvalue weighted by Crippen LogP contribution is -2.47. The minimum absolute atomic E-state index is 0.0327. The summed E-state index contributed by atoms with van der Waals surface area (Å²) >= 11 is 0. The monoisotopic (exact) mass is 943 g/mol. The molecule has 0 aliphatic carbocycles. The lowest BCUT2D eigenvalue weighted by Gasteiger charge is -2.30. The summed E-state index contributed by atoms with van der Waals surface area (Å²) in [6.07, 6.45) is 58.3. The maximum atomic E-state index is 13.4. The number of amides is 1. The van der Waals surface area contributed by atoms with Crippen molar-refractivity contribution < 1.29 is 37.3 Å². The number of nitrogens with one attached hydrogen (secondary N) is 1. The quantitative estimate of drug-likeness (QED) is 0.0161. The second-order valence-electron chi connectivity index (χ2n) is 18.7. The van der Waals surface area contributed by atoms with E-state index in [2.05, 4.69) is 92.9 Å². The lowest BCUT2D eigenvalue weighted by atomic mass is 10.1. The largest absolute Gasteiger partial charge is 0.756 e. The van der Waals surface area contributed by atoms with Gasteiger partial charge in [-0.15, -0.1) is 0 Å². The highest BCUT2D eigenvalue weighted by atomic mass is 31.2. The van der Waals surface area contributed by atoms with Gasteiger partial charge in [0.15, 0.2) is 0 Å². The van der Waals surface area contributed by atoms with Gasteiger partial charge in [-0.05, 0) is 83.1 Å². The molecular formula is C56H99N2O7P. The maximum Gasteiger partial charge on any atom is 0.306 e. The molecule has 10 heteroatoms. The van der Waals surface area contributed by atoms with Crippen LogP contribution in [0.3, 0.4) is 0 Å². The molecule has 0 spiro atoms. The van der Waals surface area contributed by atoms with Crippen LogP contribution in [0, 0.1) is 0 Å². The molecule has 0 aromatic carbocycles. The van der Waals surface area contributed by atoms with Crippen molar-refractivity contribution in [3.05, 3.63) is 85.1 Å². The van der Waals surface area contributed by atoms with Gasteiger partial charge in [-0.3, -0.25) is 14.2 Å². The smallest absolute Gasteiger partial charge is 0.306 e. The van der Waals surface area contributed by atoms with Gasteiger partial charge in [-0.1, -0.05) is 196 Å². The summed E-state index contributed by atoms with van der Waals surface area (Å²) < 4.78 is 30.1. The van der Waals surface area contributed by atoms with Crippen molar-refractivity contribution >= 4 is 19.7 Å². The molecule has 9 nitrogen and oxygen atoms in total. The fourth-order valence-electron chi connectivity index (χ4n) is 7.06. The number of nitrogens with zero attached hydrogens (tertiary/aromatic N) is 1. The highest BCUT2D eigenvalue weighted by Gasteiger charge is 2.27. The van der Waals surface area contributed by atoms with Crippen LogP contribution in [-0.4, -0.2) is 69.4 Å². The zero-order valence-corrected chi connectivity index (χ0v) is 44.0. The van der Waals surface area contributed by atoms with Crippen LogP contribution in [-0.2, 0) is 27.9 Å². The van der Waals surface area contributed by atoms with Crippen molar-refractivity contribution in [1.82, 2.24) is 5.32 Å². The first kappa shape index (κ1) is 63.2. The van der Waals surface area contributed by atoms with Gasteiger partial charge in [-0.25, -0.2) is 0 Å². The molecule has 3 unspecified atom stereocenters. The third-order valence-corrected chi connectivity index (χ3v) is 12.1. The minimum Gasteiger partial charge on any atom is -0.756 e. The van der Waals surface area contributed by atoms with E-state index in [1.165, 1.54) is 44.9 Å². The number of hydrogen-bond donors (Lipinski definition) is 1. The van der Waals surface area contributed by atoms with E-state index in [-0.39, 0.29) is 24.9 Å². The third kappa shape index (κ3) is 46.3. The highest BCUT2D eigenvalue weighted by molar-refractivity contribution is 7.45. The molecule has 0 heterocycles. The summed E-state index contributed by atoms with van der Waals surface area (Å²) in [5.74, 6) is -0.588. The molecule has 380 valence electrons. The van der Waals surface area contributed by atoms with Gasteiger partial charge in [0.2, 0.25) is 5.91 Å².